The molecule has 0 unspecified atom stereocenters. The largest absolute Gasteiger partial charge is 0.364 e. The van der Waals surface area contributed by atoms with Crippen LogP contribution in [0.4, 0.5) is 14.6 Å². The molecular formula is C23H20F2N6O2. The van der Waals surface area contributed by atoms with Crippen LogP contribution >= 0.6 is 0 Å². The molecule has 8 nitrogen and oxygen atoms in total. The highest BCUT2D eigenvalue weighted by Crippen LogP contribution is 2.35. The van der Waals surface area contributed by atoms with E-state index >= 15 is 0 Å². The molecule has 1 fully saturated rings. The summed E-state index contributed by atoms with van der Waals surface area (Å²) in [6.45, 7) is 3.86. The molecule has 0 bridgehead atoms. The minimum absolute atomic E-state index is 0.0841. The lowest BCUT2D eigenvalue weighted by Gasteiger charge is -2.30. The average Bonchev–Trinajstić information content (AvgIpc) is 3.50. The third kappa shape index (κ3) is 3.77. The Labute approximate surface area is 187 Å². The fraction of sp³-hybridized carbons (Fsp3) is 0.261. The summed E-state index contributed by atoms with van der Waals surface area (Å²) in [7, 11) is 0. The topological polar surface area (TPSA) is 89.9 Å². The second-order valence-electron chi connectivity index (χ2n) is 8.46. The summed E-state index contributed by atoms with van der Waals surface area (Å²) in [6, 6.07) is 9.72. The van der Waals surface area contributed by atoms with E-state index in [1.54, 1.807) is 35.0 Å². The molecule has 1 aromatic carbocycles. The van der Waals surface area contributed by atoms with E-state index < -0.39 is 11.4 Å². The fourth-order valence-electron chi connectivity index (χ4n) is 4.00. The van der Waals surface area contributed by atoms with Gasteiger partial charge in [-0.1, -0.05) is 23.4 Å². The van der Waals surface area contributed by atoms with Crippen LogP contribution in [0, 0.1) is 11.6 Å². The Hall–Kier alpha value is -3.95. The smallest absolute Gasteiger partial charge is 0.228 e. The summed E-state index contributed by atoms with van der Waals surface area (Å²) < 4.78 is 35.5. The van der Waals surface area contributed by atoms with Crippen LogP contribution in [0.25, 0.3) is 22.9 Å². The van der Waals surface area contributed by atoms with Crippen LogP contribution in [0.3, 0.4) is 0 Å². The van der Waals surface area contributed by atoms with Gasteiger partial charge in [-0.15, -0.1) is 0 Å². The molecule has 4 heterocycles. The van der Waals surface area contributed by atoms with E-state index in [0.717, 1.165) is 6.20 Å². The zero-order valence-corrected chi connectivity index (χ0v) is 18.0. The summed E-state index contributed by atoms with van der Waals surface area (Å²) in [4.78, 5) is 22.3. The number of hydrogen-bond acceptors (Lipinski definition) is 6. The molecule has 1 saturated heterocycles. The maximum absolute atomic E-state index is 14.7. The van der Waals surface area contributed by atoms with E-state index in [2.05, 4.69) is 20.2 Å². The Bertz CT molecular complexity index is 1330. The van der Waals surface area contributed by atoms with E-state index in [4.69, 9.17) is 4.52 Å². The van der Waals surface area contributed by atoms with Crippen LogP contribution in [-0.2, 0) is 11.3 Å². The predicted molar refractivity (Wildman–Crippen MR) is 115 cm³/mol. The molecule has 4 aromatic rings. The van der Waals surface area contributed by atoms with Gasteiger partial charge in [0.25, 0.3) is 0 Å². The van der Waals surface area contributed by atoms with Crippen molar-refractivity contribution in [3.8, 4) is 22.9 Å². The molecule has 168 valence electrons. The molecular weight excluding hydrogens is 430 g/mol. The molecule has 33 heavy (non-hydrogen) atoms. The molecule has 1 aliphatic rings. The van der Waals surface area contributed by atoms with Gasteiger partial charge in [0.2, 0.25) is 5.91 Å². The van der Waals surface area contributed by atoms with Crippen molar-refractivity contribution in [1.29, 1.82) is 0 Å². The average molecular weight is 450 g/mol. The Kier molecular flexibility index (Phi) is 4.99. The normalized spacial score (nSPS) is 15.4. The lowest BCUT2D eigenvalue weighted by molar-refractivity contribution is -0.117. The second-order valence-corrected chi connectivity index (χ2v) is 8.46. The van der Waals surface area contributed by atoms with Crippen molar-refractivity contribution < 1.29 is 18.1 Å². The quantitative estimate of drug-likeness (QED) is 0.452. The molecule has 10 heteroatoms. The van der Waals surface area contributed by atoms with Crippen molar-refractivity contribution in [3.63, 3.8) is 0 Å². The number of aromatic nitrogens is 5. The molecule has 1 aliphatic heterocycles. The van der Waals surface area contributed by atoms with Crippen LogP contribution in [0.2, 0.25) is 0 Å². The van der Waals surface area contributed by atoms with Gasteiger partial charge < -0.3 is 4.52 Å². The first-order chi connectivity index (χ1) is 15.8. The number of rotatable bonds is 5. The molecule has 0 spiro atoms. The van der Waals surface area contributed by atoms with Crippen molar-refractivity contribution in [1.82, 2.24) is 24.9 Å². The summed E-state index contributed by atoms with van der Waals surface area (Å²) in [5.74, 6) is -1.20. The molecule has 0 radical (unpaired) electrons. The predicted octanol–water partition coefficient (Wildman–Crippen LogP) is 4.23. The number of nitrogens with zero attached hydrogens (tertiary/aromatic N) is 6. The van der Waals surface area contributed by atoms with Crippen molar-refractivity contribution in [3.05, 3.63) is 66.1 Å². The minimum Gasteiger partial charge on any atom is -0.364 e. The van der Waals surface area contributed by atoms with Crippen LogP contribution < -0.4 is 4.90 Å². The summed E-state index contributed by atoms with van der Waals surface area (Å²) in [6.07, 6.45) is 3.37. The monoisotopic (exact) mass is 450 g/mol. The van der Waals surface area contributed by atoms with Gasteiger partial charge in [-0.2, -0.15) is 5.10 Å². The first-order valence-electron chi connectivity index (χ1n) is 10.4. The van der Waals surface area contributed by atoms with E-state index in [-0.39, 0.29) is 29.9 Å². The maximum atomic E-state index is 14.7. The summed E-state index contributed by atoms with van der Waals surface area (Å²) in [5, 5.41) is 8.50. The Morgan fingerprint density at radius 1 is 1.12 bits per heavy atom. The highest BCUT2D eigenvalue weighted by atomic mass is 19.1. The first-order valence-corrected chi connectivity index (χ1v) is 10.4. The highest BCUT2D eigenvalue weighted by molar-refractivity contribution is 5.96. The lowest BCUT2D eigenvalue weighted by Crippen LogP contribution is -2.42. The lowest BCUT2D eigenvalue weighted by atomic mass is 10.0. The van der Waals surface area contributed by atoms with E-state index in [1.165, 1.54) is 17.2 Å². The van der Waals surface area contributed by atoms with Gasteiger partial charge in [-0.3, -0.25) is 14.4 Å². The maximum Gasteiger partial charge on any atom is 0.228 e. The zero-order valence-electron chi connectivity index (χ0n) is 18.0. The number of hydrogen-bond donors (Lipinski definition) is 0. The van der Waals surface area contributed by atoms with Crippen molar-refractivity contribution in [2.45, 2.75) is 38.8 Å². The summed E-state index contributed by atoms with van der Waals surface area (Å²) in [5.41, 5.74) is 1.23. The molecule has 0 aliphatic carbocycles. The van der Waals surface area contributed by atoms with Crippen LogP contribution in [0.5, 0.6) is 0 Å². The van der Waals surface area contributed by atoms with Gasteiger partial charge >= 0.3 is 0 Å². The number of carbonyl (C=O) groups excluding carboxylic acids is 1. The molecule has 3 aromatic heterocycles. The number of amides is 1. The standard InChI is InChI=1S/C23H20F2N6O2/c1-23(2)9-7-20(32)31(23)22-16(25)12-26-21(27-22)18-11-19(17-8-10-33-29-17)30(28-18)13-14-5-3-4-6-15(14)24/h3-6,8,10-12H,7,9,13H2,1-2H3. The van der Waals surface area contributed by atoms with Crippen LogP contribution in [0.1, 0.15) is 32.3 Å². The van der Waals surface area contributed by atoms with Gasteiger partial charge in [0.05, 0.1) is 18.4 Å². The Morgan fingerprint density at radius 2 is 1.94 bits per heavy atom. The zero-order chi connectivity index (χ0) is 23.2. The SMILES string of the molecule is CC1(C)CCC(=O)N1c1nc(-c2cc(-c3ccon3)n(Cc3ccccc3F)n2)ncc1F. The molecule has 0 saturated carbocycles. The van der Waals surface area contributed by atoms with Crippen molar-refractivity contribution >= 4 is 11.7 Å². The van der Waals surface area contributed by atoms with Gasteiger partial charge in [0.1, 0.15) is 23.5 Å². The first kappa shape index (κ1) is 20.9. The fourth-order valence-corrected chi connectivity index (χ4v) is 4.00. The van der Waals surface area contributed by atoms with E-state index in [1.807, 2.05) is 13.8 Å². The second kappa shape index (κ2) is 7.88. The summed E-state index contributed by atoms with van der Waals surface area (Å²) >= 11 is 0. The van der Waals surface area contributed by atoms with Gasteiger partial charge in [0, 0.05) is 23.6 Å². The number of benzene rings is 1. The number of halogens is 2. The van der Waals surface area contributed by atoms with Gasteiger partial charge in [-0.25, -0.2) is 18.7 Å². The van der Waals surface area contributed by atoms with Gasteiger partial charge in [-0.05, 0) is 32.4 Å². The van der Waals surface area contributed by atoms with E-state index in [0.29, 0.717) is 35.5 Å². The molecule has 5 rings (SSSR count). The third-order valence-electron chi connectivity index (χ3n) is 5.73. The van der Waals surface area contributed by atoms with Crippen LogP contribution in [0.15, 0.2) is 53.4 Å². The van der Waals surface area contributed by atoms with Crippen molar-refractivity contribution in [2.75, 3.05) is 4.90 Å². The van der Waals surface area contributed by atoms with E-state index in [9.17, 15) is 13.6 Å². The Morgan fingerprint density at radius 3 is 2.64 bits per heavy atom. The van der Waals surface area contributed by atoms with Crippen molar-refractivity contribution in [2.24, 2.45) is 0 Å². The minimum atomic E-state index is -0.690. The molecule has 0 N–H and O–H groups in total. The molecule has 1 amide bonds. The van der Waals surface area contributed by atoms with Gasteiger partial charge in [0.15, 0.2) is 17.5 Å². The number of carbonyl (C=O) groups is 1. The Balaban J connectivity index is 1.59. The van der Waals surface area contributed by atoms with Crippen LogP contribution in [-0.4, -0.2) is 36.4 Å². The molecule has 0 atom stereocenters. The third-order valence-corrected chi connectivity index (χ3v) is 5.73. The highest BCUT2D eigenvalue weighted by Gasteiger charge is 2.41. The number of anilines is 1.